The second-order valence-electron chi connectivity index (χ2n) is 10.6. The summed E-state index contributed by atoms with van der Waals surface area (Å²) >= 11 is 3.22. The molecule has 0 aliphatic rings. The third-order valence-corrected chi connectivity index (χ3v) is 9.89. The van der Waals surface area contributed by atoms with Gasteiger partial charge in [0.2, 0.25) is 0 Å². The molecule has 0 radical (unpaired) electrons. The molecule has 208 valence electrons. The molecule has 6 aromatic heterocycles. The van der Waals surface area contributed by atoms with Gasteiger partial charge in [0.25, 0.3) is 0 Å². The Kier molecular flexibility index (Phi) is 4.94. The molecule has 0 bridgehead atoms. The standard InChI is InChI=1S/C36H18N2O4S2/c1-3-7-25-19(5-1)15-31(39-25)27-9-11-29(41-27)35-37-23-13-21-18-34-24(14-22(21)17-33(23)43-35)38-36(44-34)30-12-10-28(42-30)32-16-20-6-2-4-8-26(20)40-32/h1-18H. The number of fused-ring (bicyclic) bond motifs is 5. The molecule has 4 aromatic carbocycles. The summed E-state index contributed by atoms with van der Waals surface area (Å²) in [5, 5.41) is 5.98. The number of aromatic nitrogens is 2. The summed E-state index contributed by atoms with van der Waals surface area (Å²) in [5.74, 6) is 4.22. The lowest BCUT2D eigenvalue weighted by molar-refractivity contribution is 0.551. The molecule has 0 amide bonds. The number of para-hydroxylation sites is 2. The van der Waals surface area contributed by atoms with Crippen molar-refractivity contribution in [1.82, 2.24) is 9.97 Å². The number of rotatable bonds is 4. The minimum absolute atomic E-state index is 0.684. The lowest BCUT2D eigenvalue weighted by Gasteiger charge is -1.97. The topological polar surface area (TPSA) is 78.3 Å². The van der Waals surface area contributed by atoms with Crippen LogP contribution in [0.5, 0.6) is 0 Å². The highest BCUT2D eigenvalue weighted by Gasteiger charge is 2.17. The van der Waals surface area contributed by atoms with Crippen LogP contribution in [0.3, 0.4) is 0 Å². The van der Waals surface area contributed by atoms with Crippen molar-refractivity contribution < 1.29 is 17.7 Å². The first-order valence-corrected chi connectivity index (χ1v) is 15.7. The van der Waals surface area contributed by atoms with Crippen LogP contribution >= 0.6 is 22.7 Å². The highest BCUT2D eigenvalue weighted by atomic mass is 32.1. The van der Waals surface area contributed by atoms with Crippen LogP contribution < -0.4 is 0 Å². The highest BCUT2D eigenvalue weighted by Crippen LogP contribution is 2.40. The first-order chi connectivity index (χ1) is 21.7. The Balaban J connectivity index is 0.980. The Bertz CT molecular complexity index is 2380. The molecular weight excluding hydrogens is 589 g/mol. The van der Waals surface area contributed by atoms with E-state index in [0.29, 0.717) is 23.0 Å². The molecule has 0 spiro atoms. The quantitative estimate of drug-likeness (QED) is 0.198. The zero-order valence-corrected chi connectivity index (χ0v) is 24.4. The Hall–Kier alpha value is -5.44. The van der Waals surface area contributed by atoms with E-state index in [2.05, 4.69) is 24.3 Å². The fraction of sp³-hybridized carbons (Fsp3) is 0. The molecule has 0 saturated carbocycles. The van der Waals surface area contributed by atoms with Gasteiger partial charge in [0.15, 0.2) is 44.6 Å². The Morgan fingerprint density at radius 3 is 1.32 bits per heavy atom. The van der Waals surface area contributed by atoms with Crippen LogP contribution in [0.4, 0.5) is 0 Å². The molecule has 0 saturated heterocycles. The zero-order chi connectivity index (χ0) is 28.8. The van der Waals surface area contributed by atoms with E-state index in [1.54, 1.807) is 22.7 Å². The van der Waals surface area contributed by atoms with Crippen LogP contribution in [0.25, 0.3) is 97.7 Å². The monoisotopic (exact) mass is 606 g/mol. The van der Waals surface area contributed by atoms with Crippen molar-refractivity contribution in [1.29, 1.82) is 0 Å². The number of nitrogens with zero attached hydrogens (tertiary/aromatic N) is 2. The van der Waals surface area contributed by atoms with Gasteiger partial charge in [-0.15, -0.1) is 22.7 Å². The van der Waals surface area contributed by atoms with Gasteiger partial charge in [-0.2, -0.15) is 0 Å². The second kappa shape index (κ2) is 9.03. The van der Waals surface area contributed by atoms with Crippen molar-refractivity contribution in [2.75, 3.05) is 0 Å². The number of thiazole rings is 2. The lowest BCUT2D eigenvalue weighted by Crippen LogP contribution is -1.76. The van der Waals surface area contributed by atoms with Crippen LogP contribution in [-0.4, -0.2) is 9.97 Å². The van der Waals surface area contributed by atoms with Gasteiger partial charge in [-0.3, -0.25) is 0 Å². The van der Waals surface area contributed by atoms with Crippen molar-refractivity contribution >= 4 is 75.8 Å². The van der Waals surface area contributed by atoms with Crippen molar-refractivity contribution in [2.24, 2.45) is 0 Å². The van der Waals surface area contributed by atoms with Crippen molar-refractivity contribution in [3.63, 3.8) is 0 Å². The SMILES string of the molecule is c1ccc2oc(-c3ccc(-c4nc5cc6cc7sc(-c8ccc(-c9cc%10ccccc%10o9)o8)nc7cc6cc5s4)o3)cc2c1. The maximum absolute atomic E-state index is 6.19. The zero-order valence-electron chi connectivity index (χ0n) is 22.7. The fourth-order valence-corrected chi connectivity index (χ4v) is 7.60. The van der Waals surface area contributed by atoms with E-state index < -0.39 is 0 Å². The average molecular weight is 607 g/mol. The van der Waals surface area contributed by atoms with Gasteiger partial charge < -0.3 is 17.7 Å². The fourth-order valence-electron chi connectivity index (χ4n) is 5.68. The van der Waals surface area contributed by atoms with E-state index in [1.165, 1.54) is 0 Å². The second-order valence-corrected chi connectivity index (χ2v) is 12.7. The van der Waals surface area contributed by atoms with Crippen LogP contribution in [0, 0.1) is 0 Å². The van der Waals surface area contributed by atoms with E-state index in [-0.39, 0.29) is 0 Å². The van der Waals surface area contributed by atoms with Gasteiger partial charge in [0, 0.05) is 10.8 Å². The van der Waals surface area contributed by atoms with Crippen LogP contribution in [0.1, 0.15) is 0 Å². The third kappa shape index (κ3) is 3.78. The first kappa shape index (κ1) is 24.0. The smallest absolute Gasteiger partial charge is 0.170 e. The van der Waals surface area contributed by atoms with Crippen LogP contribution in [-0.2, 0) is 0 Å². The Morgan fingerprint density at radius 2 is 0.841 bits per heavy atom. The number of furan rings is 4. The molecule has 44 heavy (non-hydrogen) atoms. The summed E-state index contributed by atoms with van der Waals surface area (Å²) in [4.78, 5) is 9.84. The lowest BCUT2D eigenvalue weighted by atomic mass is 10.1. The van der Waals surface area contributed by atoms with Gasteiger partial charge >= 0.3 is 0 Å². The molecular formula is C36H18N2O4S2. The van der Waals surface area contributed by atoms with Gasteiger partial charge in [0.1, 0.15) is 11.2 Å². The summed E-state index contributed by atoms with van der Waals surface area (Å²) in [6.07, 6.45) is 0. The van der Waals surface area contributed by atoms with Crippen LogP contribution in [0.2, 0.25) is 0 Å². The molecule has 0 N–H and O–H groups in total. The molecule has 6 heterocycles. The van der Waals surface area contributed by atoms with Crippen molar-refractivity contribution in [3.8, 4) is 44.6 Å². The van der Waals surface area contributed by atoms with E-state index in [9.17, 15) is 0 Å². The van der Waals surface area contributed by atoms with Crippen LogP contribution in [0.15, 0.2) is 127 Å². The maximum atomic E-state index is 6.19. The van der Waals surface area contributed by atoms with Crippen molar-refractivity contribution in [3.05, 3.63) is 109 Å². The molecule has 10 aromatic rings. The van der Waals surface area contributed by atoms with Crippen molar-refractivity contribution in [2.45, 2.75) is 0 Å². The summed E-state index contributed by atoms with van der Waals surface area (Å²) in [5.41, 5.74) is 3.55. The van der Waals surface area contributed by atoms with E-state index in [4.69, 9.17) is 27.6 Å². The maximum Gasteiger partial charge on any atom is 0.170 e. The molecule has 0 fully saturated rings. The minimum atomic E-state index is 0.684. The summed E-state index contributed by atoms with van der Waals surface area (Å²) in [7, 11) is 0. The van der Waals surface area contributed by atoms with E-state index in [0.717, 1.165) is 74.7 Å². The largest absolute Gasteiger partial charge is 0.453 e. The first-order valence-electron chi connectivity index (χ1n) is 14.0. The van der Waals surface area contributed by atoms with Gasteiger partial charge in [-0.25, -0.2) is 9.97 Å². The average Bonchev–Trinajstić information content (AvgIpc) is 3.88. The van der Waals surface area contributed by atoms with Gasteiger partial charge in [-0.05, 0) is 83.6 Å². The molecule has 6 nitrogen and oxygen atoms in total. The Labute approximate surface area is 256 Å². The minimum Gasteiger partial charge on any atom is -0.453 e. The van der Waals surface area contributed by atoms with E-state index >= 15 is 0 Å². The molecule has 8 heteroatoms. The summed E-state index contributed by atoms with van der Waals surface area (Å²) in [6.45, 7) is 0. The third-order valence-electron chi connectivity index (χ3n) is 7.82. The summed E-state index contributed by atoms with van der Waals surface area (Å²) in [6, 6.07) is 36.3. The van der Waals surface area contributed by atoms with E-state index in [1.807, 2.05) is 84.9 Å². The molecule has 10 rings (SSSR count). The normalized spacial score (nSPS) is 12.1. The molecule has 0 unspecified atom stereocenters. The number of hydrogen-bond acceptors (Lipinski definition) is 8. The predicted octanol–water partition coefficient (Wildman–Crippen LogP) is 11.4. The highest BCUT2D eigenvalue weighted by molar-refractivity contribution is 7.22. The number of benzene rings is 4. The molecule has 0 atom stereocenters. The summed E-state index contributed by atoms with van der Waals surface area (Å²) < 4.78 is 26.5. The molecule has 0 aliphatic carbocycles. The van der Waals surface area contributed by atoms with Gasteiger partial charge in [0.05, 0.1) is 20.4 Å². The van der Waals surface area contributed by atoms with Gasteiger partial charge in [-0.1, -0.05) is 36.4 Å². The predicted molar refractivity (Wildman–Crippen MR) is 176 cm³/mol. The number of hydrogen-bond donors (Lipinski definition) is 0. The Morgan fingerprint density at radius 1 is 0.386 bits per heavy atom. The molecule has 0 aliphatic heterocycles.